The van der Waals surface area contributed by atoms with Gasteiger partial charge in [0.2, 0.25) is 5.85 Å². The molecule has 10 heavy (non-hydrogen) atoms. The lowest BCUT2D eigenvalue weighted by Gasteiger charge is -2.31. The lowest BCUT2D eigenvalue weighted by Crippen LogP contribution is -2.38. The Hall–Kier alpha value is -0.250. The summed E-state index contributed by atoms with van der Waals surface area (Å²) in [6.45, 7) is 1.03. The lowest BCUT2D eigenvalue weighted by atomic mass is 10.1. The molecule has 60 valence electrons. The van der Waals surface area contributed by atoms with Crippen molar-refractivity contribution in [1.29, 1.82) is 0 Å². The summed E-state index contributed by atoms with van der Waals surface area (Å²) < 4.78 is 41.0. The van der Waals surface area contributed by atoms with Crippen LogP contribution in [0.3, 0.4) is 0 Å². The van der Waals surface area contributed by atoms with E-state index in [1.165, 1.54) is 0 Å². The molecule has 4 heteroatoms. The molecular formula is C6H9F3O. The first-order valence-corrected chi connectivity index (χ1v) is 3.18. The maximum atomic E-state index is 12.7. The molecule has 1 aliphatic rings. The zero-order valence-corrected chi connectivity index (χ0v) is 5.66. The number of hydrogen-bond acceptors (Lipinski definition) is 1. The second-order valence-corrected chi connectivity index (χ2v) is 2.69. The van der Waals surface area contributed by atoms with Crippen LogP contribution in [-0.2, 0) is 4.74 Å². The topological polar surface area (TPSA) is 9.23 Å². The van der Waals surface area contributed by atoms with Gasteiger partial charge in [-0.3, -0.25) is 4.74 Å². The summed E-state index contributed by atoms with van der Waals surface area (Å²) in [7, 11) is 0. The predicted octanol–water partition coefficient (Wildman–Crippen LogP) is 2.47. The summed E-state index contributed by atoms with van der Waals surface area (Å²) in [6.07, 6.45) is -3.39. The van der Waals surface area contributed by atoms with Crippen molar-refractivity contribution >= 4 is 0 Å². The van der Waals surface area contributed by atoms with Gasteiger partial charge in [-0.25, -0.2) is 4.39 Å². The molecule has 1 aliphatic heterocycles. The zero-order valence-electron chi connectivity index (χ0n) is 5.66. The number of rotatable bonds is 0. The van der Waals surface area contributed by atoms with E-state index in [1.54, 1.807) is 0 Å². The maximum Gasteiger partial charge on any atom is 0.358 e. The zero-order chi connectivity index (χ0) is 7.83. The van der Waals surface area contributed by atoms with Crippen LogP contribution >= 0.6 is 0 Å². The van der Waals surface area contributed by atoms with Crippen LogP contribution in [0.25, 0.3) is 0 Å². The number of halogens is 3. The SMILES string of the molecule is CC1(F)CCCC(F)(F)O1. The molecule has 0 bridgehead atoms. The first-order valence-electron chi connectivity index (χ1n) is 3.18. The summed E-state index contributed by atoms with van der Waals surface area (Å²) in [4.78, 5) is 0. The molecule has 0 amide bonds. The van der Waals surface area contributed by atoms with Crippen LogP contribution in [-0.4, -0.2) is 12.0 Å². The van der Waals surface area contributed by atoms with Crippen LogP contribution in [0.5, 0.6) is 0 Å². The van der Waals surface area contributed by atoms with Crippen LogP contribution in [0.2, 0.25) is 0 Å². The quantitative estimate of drug-likeness (QED) is 0.520. The largest absolute Gasteiger partial charge is 0.358 e. The molecule has 1 nitrogen and oxygen atoms in total. The van der Waals surface area contributed by atoms with E-state index in [2.05, 4.69) is 4.74 Å². The summed E-state index contributed by atoms with van der Waals surface area (Å²) in [5, 5.41) is 0. The molecule has 0 aliphatic carbocycles. The lowest BCUT2D eigenvalue weighted by molar-refractivity contribution is -0.348. The van der Waals surface area contributed by atoms with Gasteiger partial charge in [0.05, 0.1) is 0 Å². The van der Waals surface area contributed by atoms with Crippen molar-refractivity contribution in [2.45, 2.75) is 38.1 Å². The average molecular weight is 154 g/mol. The molecule has 1 saturated heterocycles. The van der Waals surface area contributed by atoms with Gasteiger partial charge in [0.15, 0.2) is 0 Å². The van der Waals surface area contributed by atoms with E-state index in [4.69, 9.17) is 0 Å². The van der Waals surface area contributed by atoms with E-state index in [0.29, 0.717) is 0 Å². The number of ether oxygens (including phenoxy) is 1. The summed E-state index contributed by atoms with van der Waals surface area (Å²) in [6, 6.07) is 0. The van der Waals surface area contributed by atoms with Gasteiger partial charge in [0.1, 0.15) is 0 Å². The van der Waals surface area contributed by atoms with Gasteiger partial charge in [-0.2, -0.15) is 8.78 Å². The molecule has 0 N–H and O–H groups in total. The standard InChI is InChI=1S/C6H9F3O/c1-5(7)3-2-4-6(8,9)10-5/h2-4H2,1H3. The molecule has 0 spiro atoms. The molecule has 1 rings (SSSR count). The minimum atomic E-state index is -3.26. The van der Waals surface area contributed by atoms with Crippen LogP contribution in [0.15, 0.2) is 0 Å². The third-order valence-corrected chi connectivity index (χ3v) is 1.45. The molecule has 0 aromatic carbocycles. The highest BCUT2D eigenvalue weighted by molar-refractivity contribution is 4.71. The van der Waals surface area contributed by atoms with E-state index in [-0.39, 0.29) is 19.3 Å². The van der Waals surface area contributed by atoms with E-state index in [9.17, 15) is 13.2 Å². The van der Waals surface area contributed by atoms with Crippen molar-refractivity contribution in [2.24, 2.45) is 0 Å². The predicted molar refractivity (Wildman–Crippen MR) is 29.4 cm³/mol. The Kier molecular flexibility index (Phi) is 1.66. The molecule has 1 heterocycles. The van der Waals surface area contributed by atoms with E-state index in [0.717, 1.165) is 6.92 Å². The van der Waals surface area contributed by atoms with Gasteiger partial charge in [0.25, 0.3) is 0 Å². The van der Waals surface area contributed by atoms with Crippen LogP contribution in [0.4, 0.5) is 13.2 Å². The normalized spacial score (nSPS) is 39.6. The first kappa shape index (κ1) is 7.85. The Bertz CT molecular complexity index is 119. The van der Waals surface area contributed by atoms with Gasteiger partial charge in [-0.1, -0.05) is 0 Å². The molecular weight excluding hydrogens is 145 g/mol. The molecule has 0 saturated carbocycles. The maximum absolute atomic E-state index is 12.7. The molecule has 1 atom stereocenters. The third kappa shape index (κ3) is 1.87. The Morgan fingerprint density at radius 2 is 1.80 bits per heavy atom. The van der Waals surface area contributed by atoms with Crippen molar-refractivity contribution in [3.05, 3.63) is 0 Å². The van der Waals surface area contributed by atoms with Crippen molar-refractivity contribution in [1.82, 2.24) is 0 Å². The van der Waals surface area contributed by atoms with Gasteiger partial charge in [-0.05, 0) is 13.3 Å². The molecule has 0 aromatic rings. The summed E-state index contributed by atoms with van der Waals surface area (Å²) in [5.41, 5.74) is 0. The van der Waals surface area contributed by atoms with E-state index >= 15 is 0 Å². The molecule has 0 aromatic heterocycles. The fourth-order valence-electron chi connectivity index (χ4n) is 1.02. The highest BCUT2D eigenvalue weighted by Gasteiger charge is 2.44. The van der Waals surface area contributed by atoms with Gasteiger partial charge >= 0.3 is 6.11 Å². The highest BCUT2D eigenvalue weighted by atomic mass is 19.3. The van der Waals surface area contributed by atoms with Crippen molar-refractivity contribution < 1.29 is 17.9 Å². The van der Waals surface area contributed by atoms with Crippen LogP contribution < -0.4 is 0 Å². The fourth-order valence-corrected chi connectivity index (χ4v) is 1.02. The van der Waals surface area contributed by atoms with Crippen molar-refractivity contribution in [3.63, 3.8) is 0 Å². The average Bonchev–Trinajstić information content (AvgIpc) is 1.56. The molecule has 1 fully saturated rings. The second kappa shape index (κ2) is 2.12. The van der Waals surface area contributed by atoms with Gasteiger partial charge < -0.3 is 0 Å². The Balaban J connectivity index is 2.56. The van der Waals surface area contributed by atoms with Crippen LogP contribution in [0, 0.1) is 0 Å². The Morgan fingerprint density at radius 3 is 2.10 bits per heavy atom. The minimum Gasteiger partial charge on any atom is -0.283 e. The molecule has 1 unspecified atom stereocenters. The minimum absolute atomic E-state index is 0.0581. The van der Waals surface area contributed by atoms with E-state index in [1.807, 2.05) is 0 Å². The number of alkyl halides is 3. The first-order chi connectivity index (χ1) is 4.41. The van der Waals surface area contributed by atoms with Gasteiger partial charge in [0, 0.05) is 12.8 Å². The number of hydrogen-bond donors (Lipinski definition) is 0. The van der Waals surface area contributed by atoms with Crippen LogP contribution in [0.1, 0.15) is 26.2 Å². The Morgan fingerprint density at radius 1 is 1.20 bits per heavy atom. The monoisotopic (exact) mass is 154 g/mol. The van der Waals surface area contributed by atoms with Crippen molar-refractivity contribution in [3.8, 4) is 0 Å². The third-order valence-electron chi connectivity index (χ3n) is 1.45. The fraction of sp³-hybridized carbons (Fsp3) is 1.00. The summed E-state index contributed by atoms with van der Waals surface area (Å²) >= 11 is 0. The second-order valence-electron chi connectivity index (χ2n) is 2.69. The summed E-state index contributed by atoms with van der Waals surface area (Å²) in [5.74, 6) is -2.14. The van der Waals surface area contributed by atoms with Gasteiger partial charge in [-0.15, -0.1) is 0 Å². The van der Waals surface area contributed by atoms with Crippen molar-refractivity contribution in [2.75, 3.05) is 0 Å². The van der Waals surface area contributed by atoms with E-state index < -0.39 is 12.0 Å². The smallest absolute Gasteiger partial charge is 0.283 e. The Labute approximate surface area is 57.2 Å². The highest BCUT2D eigenvalue weighted by Crippen LogP contribution is 2.37. The molecule has 0 radical (unpaired) electrons.